The number of carbonyl (C=O) groups is 1. The Kier molecular flexibility index (Phi) is 9.78. The molecule has 1 fully saturated rings. The average Bonchev–Trinajstić information content (AvgIpc) is 3.24. The second kappa shape index (κ2) is 12.6. The Bertz CT molecular complexity index is 988. The summed E-state index contributed by atoms with van der Waals surface area (Å²) in [5.74, 6) is 1.80. The van der Waals surface area contributed by atoms with Crippen LogP contribution in [-0.2, 0) is 18.4 Å². The third kappa shape index (κ3) is 7.71. The van der Waals surface area contributed by atoms with E-state index in [-0.39, 0.29) is 5.97 Å². The number of esters is 1. The molecule has 3 heterocycles. The third-order valence-electron chi connectivity index (χ3n) is 5.08. The lowest BCUT2D eigenvalue weighted by Gasteiger charge is -2.35. The highest BCUT2D eigenvalue weighted by Crippen LogP contribution is 2.47. The Morgan fingerprint density at radius 2 is 1.85 bits per heavy atom. The Balaban J connectivity index is 1.56. The molecular weight excluding hydrogens is 479 g/mol. The van der Waals surface area contributed by atoms with Crippen molar-refractivity contribution in [3.05, 3.63) is 18.1 Å². The molecule has 1 aliphatic heterocycles. The van der Waals surface area contributed by atoms with Gasteiger partial charge < -0.3 is 24.0 Å². The molecule has 1 aliphatic rings. The summed E-state index contributed by atoms with van der Waals surface area (Å²) in [5, 5.41) is 4.20. The summed E-state index contributed by atoms with van der Waals surface area (Å²) in [5.41, 5.74) is 0. The van der Waals surface area contributed by atoms with Gasteiger partial charge in [0.2, 0.25) is 5.06 Å². The maximum absolute atomic E-state index is 12.7. The van der Waals surface area contributed by atoms with E-state index in [1.54, 1.807) is 6.92 Å². The van der Waals surface area contributed by atoms with Crippen LogP contribution in [0, 0.1) is 6.92 Å². The molecule has 0 amide bonds. The first-order chi connectivity index (χ1) is 16.3. The SMILES string of the molecule is CCOP(=O)(CCN1CCN(c2cc(Nc3ncc(OC(=O)CC)s3)nc(C)n2)CC1)OCC. The highest BCUT2D eigenvalue weighted by molar-refractivity contribution is 7.53. The Hall–Kier alpha value is -2.11. The third-order valence-corrected chi connectivity index (χ3v) is 7.93. The van der Waals surface area contributed by atoms with Gasteiger partial charge in [-0.05, 0) is 20.8 Å². The smallest absolute Gasteiger partial charge is 0.331 e. The number of aryl methyl sites for hydroxylation is 1. The number of anilines is 3. The number of carbonyl (C=O) groups excluding carboxylic acids is 1. The molecule has 0 saturated carbocycles. The Labute approximate surface area is 204 Å². The molecule has 0 aliphatic carbocycles. The molecule has 0 unspecified atom stereocenters. The zero-order chi connectivity index (χ0) is 24.6. The summed E-state index contributed by atoms with van der Waals surface area (Å²) in [7, 11) is -3.03. The van der Waals surface area contributed by atoms with Crippen LogP contribution in [0.25, 0.3) is 0 Å². The van der Waals surface area contributed by atoms with Crippen molar-refractivity contribution >= 4 is 41.7 Å². The minimum absolute atomic E-state index is 0.298. The van der Waals surface area contributed by atoms with E-state index >= 15 is 0 Å². The summed E-state index contributed by atoms with van der Waals surface area (Å²) in [6, 6.07) is 1.89. The predicted octanol–water partition coefficient (Wildman–Crippen LogP) is 3.69. The molecule has 34 heavy (non-hydrogen) atoms. The fourth-order valence-electron chi connectivity index (χ4n) is 3.46. The molecule has 0 atom stereocenters. The van der Waals surface area contributed by atoms with Gasteiger partial charge in [-0.25, -0.2) is 15.0 Å². The molecule has 1 N–H and O–H groups in total. The topological polar surface area (TPSA) is 119 Å². The predicted molar refractivity (Wildman–Crippen MR) is 132 cm³/mol. The normalized spacial score (nSPS) is 14.9. The number of aromatic nitrogens is 3. The number of nitrogens with one attached hydrogen (secondary N) is 1. The first-order valence-electron chi connectivity index (χ1n) is 11.5. The van der Waals surface area contributed by atoms with Crippen LogP contribution in [0.2, 0.25) is 0 Å². The number of nitrogens with zero attached hydrogens (tertiary/aromatic N) is 5. The van der Waals surface area contributed by atoms with E-state index in [0.717, 1.165) is 32.0 Å². The number of hydrogen-bond acceptors (Lipinski definition) is 12. The molecule has 11 nitrogen and oxygen atoms in total. The van der Waals surface area contributed by atoms with Gasteiger partial charge in [0.25, 0.3) is 0 Å². The first-order valence-corrected chi connectivity index (χ1v) is 14.0. The largest absolute Gasteiger partial charge is 0.414 e. The quantitative estimate of drug-likeness (QED) is 0.331. The molecular formula is C21H33N6O5PS. The van der Waals surface area contributed by atoms with Gasteiger partial charge in [-0.3, -0.25) is 14.3 Å². The number of rotatable bonds is 12. The summed E-state index contributed by atoms with van der Waals surface area (Å²) in [4.78, 5) is 29.2. The van der Waals surface area contributed by atoms with E-state index in [4.69, 9.17) is 13.8 Å². The van der Waals surface area contributed by atoms with Crippen molar-refractivity contribution in [3.8, 4) is 5.06 Å². The van der Waals surface area contributed by atoms with Crippen molar-refractivity contribution in [1.29, 1.82) is 0 Å². The maximum atomic E-state index is 12.7. The fourth-order valence-corrected chi connectivity index (χ4v) is 5.80. The van der Waals surface area contributed by atoms with E-state index in [1.807, 2.05) is 26.8 Å². The van der Waals surface area contributed by atoms with Crippen LogP contribution < -0.4 is 15.0 Å². The summed E-state index contributed by atoms with van der Waals surface area (Å²) in [6.07, 6.45) is 2.21. The van der Waals surface area contributed by atoms with E-state index < -0.39 is 7.60 Å². The molecule has 188 valence electrons. The van der Waals surface area contributed by atoms with Crippen LogP contribution >= 0.6 is 18.9 Å². The average molecular weight is 513 g/mol. The van der Waals surface area contributed by atoms with Crippen LogP contribution in [-0.4, -0.2) is 77.9 Å². The minimum atomic E-state index is -3.03. The highest BCUT2D eigenvalue weighted by atomic mass is 32.1. The number of piperazine rings is 1. The maximum Gasteiger partial charge on any atom is 0.331 e. The molecule has 2 aromatic heterocycles. The van der Waals surface area contributed by atoms with Gasteiger partial charge in [0, 0.05) is 45.2 Å². The van der Waals surface area contributed by atoms with Gasteiger partial charge in [0.15, 0.2) is 5.13 Å². The second-order valence-electron chi connectivity index (χ2n) is 7.59. The van der Waals surface area contributed by atoms with Gasteiger partial charge >= 0.3 is 13.6 Å². The molecule has 0 spiro atoms. The van der Waals surface area contributed by atoms with Crippen LogP contribution in [0.1, 0.15) is 33.0 Å². The first kappa shape index (κ1) is 26.5. The zero-order valence-electron chi connectivity index (χ0n) is 20.2. The second-order valence-corrected chi connectivity index (χ2v) is 10.8. The van der Waals surface area contributed by atoms with Gasteiger partial charge in [0.05, 0.1) is 25.6 Å². The molecule has 0 bridgehead atoms. The summed E-state index contributed by atoms with van der Waals surface area (Å²) < 4.78 is 28.7. The summed E-state index contributed by atoms with van der Waals surface area (Å²) >= 11 is 1.24. The van der Waals surface area contributed by atoms with Crippen molar-refractivity contribution in [2.75, 3.05) is 62.3 Å². The van der Waals surface area contributed by atoms with Crippen molar-refractivity contribution in [3.63, 3.8) is 0 Å². The zero-order valence-corrected chi connectivity index (χ0v) is 21.9. The minimum Gasteiger partial charge on any atom is -0.414 e. The highest BCUT2D eigenvalue weighted by Gasteiger charge is 2.26. The molecule has 13 heteroatoms. The van der Waals surface area contributed by atoms with E-state index in [1.165, 1.54) is 17.5 Å². The lowest BCUT2D eigenvalue weighted by atomic mass is 10.3. The number of thiazole rings is 1. The fraction of sp³-hybridized carbons (Fsp3) is 0.619. The van der Waals surface area contributed by atoms with Crippen LogP contribution in [0.3, 0.4) is 0 Å². The summed E-state index contributed by atoms with van der Waals surface area (Å²) in [6.45, 7) is 11.9. The van der Waals surface area contributed by atoms with Crippen molar-refractivity contribution < 1.29 is 23.1 Å². The van der Waals surface area contributed by atoms with E-state index in [0.29, 0.717) is 54.2 Å². The van der Waals surface area contributed by atoms with Crippen molar-refractivity contribution in [1.82, 2.24) is 19.9 Å². The number of hydrogen-bond donors (Lipinski definition) is 1. The molecule has 0 aromatic carbocycles. The van der Waals surface area contributed by atoms with Gasteiger partial charge in [-0.15, -0.1) is 0 Å². The van der Waals surface area contributed by atoms with E-state index in [9.17, 15) is 9.36 Å². The molecule has 2 aromatic rings. The van der Waals surface area contributed by atoms with Gasteiger partial charge in [-0.2, -0.15) is 0 Å². The standard InChI is InChI=1S/C21H33N6O5PS/c1-5-19(28)32-20-15-22-21(34-20)25-17-14-18(24-16(4)23-17)27-10-8-26(9-11-27)12-13-33(29,30-6-2)31-7-3/h14-15H,5-13H2,1-4H3,(H,22,23,24,25). The molecule has 3 rings (SSSR count). The van der Waals surface area contributed by atoms with Crippen molar-refractivity contribution in [2.24, 2.45) is 0 Å². The monoisotopic (exact) mass is 512 g/mol. The molecule has 0 radical (unpaired) electrons. The lowest BCUT2D eigenvalue weighted by Crippen LogP contribution is -2.47. The van der Waals surface area contributed by atoms with Crippen molar-refractivity contribution in [2.45, 2.75) is 34.1 Å². The van der Waals surface area contributed by atoms with Crippen LogP contribution in [0.5, 0.6) is 5.06 Å². The Morgan fingerprint density at radius 3 is 2.50 bits per heavy atom. The van der Waals surface area contributed by atoms with Gasteiger partial charge in [-0.1, -0.05) is 18.3 Å². The molecule has 1 saturated heterocycles. The Morgan fingerprint density at radius 1 is 1.15 bits per heavy atom. The van der Waals surface area contributed by atoms with Crippen LogP contribution in [0.15, 0.2) is 12.3 Å². The lowest BCUT2D eigenvalue weighted by molar-refractivity contribution is -0.133. The van der Waals surface area contributed by atoms with Crippen LogP contribution in [0.4, 0.5) is 16.8 Å². The van der Waals surface area contributed by atoms with E-state index in [2.05, 4.69) is 30.1 Å². The number of ether oxygens (including phenoxy) is 1. The van der Waals surface area contributed by atoms with Gasteiger partial charge in [0.1, 0.15) is 17.5 Å².